The van der Waals surface area contributed by atoms with Gasteiger partial charge in [0, 0.05) is 19.5 Å². The third-order valence-corrected chi connectivity index (χ3v) is 3.60. The van der Waals surface area contributed by atoms with Crippen molar-refractivity contribution in [3.05, 3.63) is 46.4 Å². The molecule has 0 fully saturated rings. The molecule has 1 heterocycles. The average molecular weight is 288 g/mol. The number of hydrogen-bond acceptors (Lipinski definition) is 3. The molecule has 112 valence electrons. The maximum atomic E-state index is 12.6. The van der Waals surface area contributed by atoms with Crippen LogP contribution in [0, 0.1) is 12.8 Å². The molecule has 2 rings (SSSR count). The molecule has 0 spiro atoms. The molecule has 0 aliphatic heterocycles. The molecule has 0 saturated heterocycles. The van der Waals surface area contributed by atoms with E-state index in [0.29, 0.717) is 11.4 Å². The first-order valence-electron chi connectivity index (χ1n) is 6.82. The van der Waals surface area contributed by atoms with Crippen LogP contribution in [-0.2, 0) is 11.8 Å². The Bertz CT molecular complexity index is 700. The van der Waals surface area contributed by atoms with Gasteiger partial charge >= 0.3 is 0 Å². The van der Waals surface area contributed by atoms with E-state index in [1.54, 1.807) is 25.6 Å². The van der Waals surface area contributed by atoms with Crippen molar-refractivity contribution in [2.24, 2.45) is 18.7 Å². The number of amides is 1. The summed E-state index contributed by atoms with van der Waals surface area (Å²) in [5, 5.41) is 2.69. The van der Waals surface area contributed by atoms with Crippen LogP contribution in [0.1, 0.15) is 12.6 Å². The molecule has 0 saturated carbocycles. The molecule has 0 aliphatic carbocycles. The quantitative estimate of drug-likeness (QED) is 0.881. The van der Waals surface area contributed by atoms with Crippen molar-refractivity contribution in [2.75, 3.05) is 11.9 Å². The second kappa shape index (κ2) is 5.97. The van der Waals surface area contributed by atoms with Gasteiger partial charge in [-0.1, -0.05) is 25.1 Å². The van der Waals surface area contributed by atoms with Crippen molar-refractivity contribution in [2.45, 2.75) is 13.8 Å². The number of nitrogens with two attached hydrogens (primary N) is 1. The Morgan fingerprint density at radius 3 is 2.52 bits per heavy atom. The fourth-order valence-electron chi connectivity index (χ4n) is 2.07. The highest BCUT2D eigenvalue weighted by molar-refractivity contribution is 5.92. The fraction of sp³-hybridized carbons (Fsp3) is 0.333. The van der Waals surface area contributed by atoms with E-state index in [-0.39, 0.29) is 23.9 Å². The van der Waals surface area contributed by atoms with E-state index >= 15 is 0 Å². The molecule has 21 heavy (non-hydrogen) atoms. The van der Waals surface area contributed by atoms with Crippen LogP contribution in [0.2, 0.25) is 0 Å². The minimum Gasteiger partial charge on any atom is -0.330 e. The summed E-state index contributed by atoms with van der Waals surface area (Å²) < 4.78 is 3.25. The summed E-state index contributed by atoms with van der Waals surface area (Å²) in [5.41, 5.74) is 6.97. The lowest BCUT2D eigenvalue weighted by atomic mass is 10.1. The van der Waals surface area contributed by atoms with Crippen LogP contribution in [-0.4, -0.2) is 21.8 Å². The minimum atomic E-state index is -0.339. The summed E-state index contributed by atoms with van der Waals surface area (Å²) in [6.45, 7) is 3.76. The number of rotatable bonds is 4. The first kappa shape index (κ1) is 15.1. The highest BCUT2D eigenvalue weighted by Gasteiger charge is 2.20. The highest BCUT2D eigenvalue weighted by Crippen LogP contribution is 2.14. The smallest absolute Gasteiger partial charge is 0.295 e. The molecule has 1 amide bonds. The Balaban J connectivity index is 2.47. The zero-order valence-corrected chi connectivity index (χ0v) is 12.5. The largest absolute Gasteiger partial charge is 0.330 e. The number of nitrogens with one attached hydrogen (secondary N) is 1. The SMILES string of the molecule is Cc1c(NC(=O)C(C)CN)c(=O)n(-c2ccccc2)n1C. The summed E-state index contributed by atoms with van der Waals surface area (Å²) in [7, 11) is 1.78. The number of anilines is 1. The Labute approximate surface area is 123 Å². The number of hydrogen-bond donors (Lipinski definition) is 2. The number of nitrogens with zero attached hydrogens (tertiary/aromatic N) is 2. The molecule has 1 aromatic heterocycles. The first-order chi connectivity index (χ1) is 9.97. The predicted molar refractivity (Wildman–Crippen MR) is 82.6 cm³/mol. The van der Waals surface area contributed by atoms with Crippen molar-refractivity contribution in [3.8, 4) is 5.69 Å². The van der Waals surface area contributed by atoms with Gasteiger partial charge in [-0.3, -0.25) is 14.3 Å². The third-order valence-electron chi connectivity index (χ3n) is 3.60. The highest BCUT2D eigenvalue weighted by atomic mass is 16.2. The number of carbonyl (C=O) groups excluding carboxylic acids is 1. The van der Waals surface area contributed by atoms with Gasteiger partial charge in [0.05, 0.1) is 11.4 Å². The van der Waals surface area contributed by atoms with Gasteiger partial charge in [-0.05, 0) is 19.1 Å². The van der Waals surface area contributed by atoms with Crippen LogP contribution in [0.25, 0.3) is 5.69 Å². The Morgan fingerprint density at radius 1 is 1.33 bits per heavy atom. The van der Waals surface area contributed by atoms with Gasteiger partial charge in [-0.2, -0.15) is 0 Å². The number of carbonyl (C=O) groups is 1. The zero-order valence-electron chi connectivity index (χ0n) is 12.5. The molecule has 1 aromatic carbocycles. The molecule has 6 nitrogen and oxygen atoms in total. The number of benzene rings is 1. The second-order valence-corrected chi connectivity index (χ2v) is 5.06. The van der Waals surface area contributed by atoms with Crippen LogP contribution in [0.5, 0.6) is 0 Å². The van der Waals surface area contributed by atoms with E-state index in [1.807, 2.05) is 30.3 Å². The monoisotopic (exact) mass is 288 g/mol. The standard InChI is InChI=1S/C15H20N4O2/c1-10(9-16)14(20)17-13-11(2)18(3)19(15(13)21)12-7-5-4-6-8-12/h4-8,10H,9,16H2,1-3H3,(H,17,20). The maximum Gasteiger partial charge on any atom is 0.295 e. The van der Waals surface area contributed by atoms with Gasteiger partial charge in [0.25, 0.3) is 5.56 Å². The van der Waals surface area contributed by atoms with Gasteiger partial charge in [-0.25, -0.2) is 4.68 Å². The number of aromatic nitrogens is 2. The van der Waals surface area contributed by atoms with Crippen LogP contribution in [0.3, 0.4) is 0 Å². The van der Waals surface area contributed by atoms with Gasteiger partial charge in [0.2, 0.25) is 5.91 Å². The maximum absolute atomic E-state index is 12.6. The van der Waals surface area contributed by atoms with E-state index in [4.69, 9.17) is 5.73 Å². The normalized spacial score (nSPS) is 12.2. The lowest BCUT2D eigenvalue weighted by Gasteiger charge is -2.08. The molecule has 0 aliphatic rings. The third kappa shape index (κ3) is 2.75. The van der Waals surface area contributed by atoms with Crippen molar-refractivity contribution in [1.82, 2.24) is 9.36 Å². The van der Waals surface area contributed by atoms with E-state index in [2.05, 4.69) is 5.32 Å². The van der Waals surface area contributed by atoms with E-state index < -0.39 is 0 Å². The molecule has 1 unspecified atom stereocenters. The van der Waals surface area contributed by atoms with E-state index in [9.17, 15) is 9.59 Å². The zero-order chi connectivity index (χ0) is 15.6. The topological polar surface area (TPSA) is 82.1 Å². The van der Waals surface area contributed by atoms with Crippen molar-refractivity contribution >= 4 is 11.6 Å². The predicted octanol–water partition coefficient (Wildman–Crippen LogP) is 1.02. The van der Waals surface area contributed by atoms with Crippen molar-refractivity contribution in [1.29, 1.82) is 0 Å². The van der Waals surface area contributed by atoms with Gasteiger partial charge in [0.1, 0.15) is 5.69 Å². The van der Waals surface area contributed by atoms with E-state index in [0.717, 1.165) is 5.69 Å². The van der Waals surface area contributed by atoms with Crippen LogP contribution in [0.15, 0.2) is 35.1 Å². The van der Waals surface area contributed by atoms with Gasteiger partial charge in [0.15, 0.2) is 0 Å². The molecule has 1 atom stereocenters. The molecular weight excluding hydrogens is 268 g/mol. The summed E-state index contributed by atoms with van der Waals surface area (Å²) in [5.74, 6) is -0.585. The van der Waals surface area contributed by atoms with Crippen molar-refractivity contribution in [3.63, 3.8) is 0 Å². The van der Waals surface area contributed by atoms with E-state index in [1.165, 1.54) is 4.68 Å². The Hall–Kier alpha value is -2.34. The summed E-state index contributed by atoms with van der Waals surface area (Å²) in [4.78, 5) is 24.5. The number of para-hydroxylation sites is 1. The molecule has 2 aromatic rings. The summed E-state index contributed by atoms with van der Waals surface area (Å²) in [6, 6.07) is 9.29. The van der Waals surface area contributed by atoms with Gasteiger partial charge < -0.3 is 11.1 Å². The van der Waals surface area contributed by atoms with Crippen LogP contribution < -0.4 is 16.6 Å². The van der Waals surface area contributed by atoms with Crippen LogP contribution >= 0.6 is 0 Å². The molecule has 3 N–H and O–H groups in total. The molecule has 0 bridgehead atoms. The molecular formula is C15H20N4O2. The lowest BCUT2D eigenvalue weighted by molar-refractivity contribution is -0.119. The average Bonchev–Trinajstić information content (AvgIpc) is 2.71. The van der Waals surface area contributed by atoms with Gasteiger partial charge in [-0.15, -0.1) is 0 Å². The Kier molecular flexibility index (Phi) is 4.28. The summed E-state index contributed by atoms with van der Waals surface area (Å²) in [6.07, 6.45) is 0. The molecule has 6 heteroatoms. The second-order valence-electron chi connectivity index (χ2n) is 5.06. The van der Waals surface area contributed by atoms with Crippen LogP contribution in [0.4, 0.5) is 5.69 Å². The Morgan fingerprint density at radius 2 is 1.95 bits per heavy atom. The fourth-order valence-corrected chi connectivity index (χ4v) is 2.07. The van der Waals surface area contributed by atoms with Crippen molar-refractivity contribution < 1.29 is 4.79 Å². The molecule has 0 radical (unpaired) electrons. The minimum absolute atomic E-state index is 0.241. The first-order valence-corrected chi connectivity index (χ1v) is 6.82. The lowest BCUT2D eigenvalue weighted by Crippen LogP contribution is -2.29. The summed E-state index contributed by atoms with van der Waals surface area (Å²) >= 11 is 0.